The Kier molecular flexibility index (Phi) is 6.75. The van der Waals surface area contributed by atoms with Crippen LogP contribution in [0.5, 0.6) is 5.88 Å². The SMILES string of the molecule is CSC(=S)OC(C1CCc2c(-c3ccc(C)cc3F)cc(C(=O)O)nc2O1)C(F)(F)F. The Morgan fingerprint density at radius 2 is 2.06 bits per heavy atom. The molecule has 0 fully saturated rings. The van der Waals surface area contributed by atoms with Gasteiger partial charge in [-0.1, -0.05) is 23.9 Å². The summed E-state index contributed by atoms with van der Waals surface area (Å²) in [6.07, 6.45) is -7.20. The van der Waals surface area contributed by atoms with Gasteiger partial charge in [-0.3, -0.25) is 0 Å². The number of hydrogen-bond acceptors (Lipinski definition) is 6. The smallest absolute Gasteiger partial charge is 0.429 e. The number of thioether (sulfide) groups is 1. The van der Waals surface area contributed by atoms with E-state index in [2.05, 4.69) is 4.98 Å². The van der Waals surface area contributed by atoms with Crippen molar-refractivity contribution in [2.75, 3.05) is 6.26 Å². The number of nitrogens with zero attached hydrogens (tertiary/aromatic N) is 1. The van der Waals surface area contributed by atoms with Crippen LogP contribution in [0, 0.1) is 12.7 Å². The highest BCUT2D eigenvalue weighted by atomic mass is 32.2. The van der Waals surface area contributed by atoms with E-state index in [1.165, 1.54) is 24.5 Å². The number of carbonyl (C=O) groups is 1. The number of hydrogen-bond donors (Lipinski definition) is 1. The highest BCUT2D eigenvalue weighted by Crippen LogP contribution is 2.40. The lowest BCUT2D eigenvalue weighted by molar-refractivity contribution is -0.221. The molecule has 0 spiro atoms. The molecule has 2 aromatic rings. The first-order valence-corrected chi connectivity index (χ1v) is 10.7. The number of aromatic carboxylic acids is 1. The van der Waals surface area contributed by atoms with Crippen LogP contribution in [0.3, 0.4) is 0 Å². The summed E-state index contributed by atoms with van der Waals surface area (Å²) in [4.78, 5) is 15.4. The largest absolute Gasteiger partial charge is 0.477 e. The molecule has 1 aromatic carbocycles. The van der Waals surface area contributed by atoms with Crippen molar-refractivity contribution >= 4 is 34.3 Å². The van der Waals surface area contributed by atoms with E-state index < -0.39 is 35.9 Å². The molecule has 1 aromatic heterocycles. The van der Waals surface area contributed by atoms with Crippen molar-refractivity contribution in [3.05, 3.63) is 46.9 Å². The molecule has 31 heavy (non-hydrogen) atoms. The zero-order valence-corrected chi connectivity index (χ0v) is 18.0. The van der Waals surface area contributed by atoms with Gasteiger partial charge in [0, 0.05) is 11.1 Å². The first-order chi connectivity index (χ1) is 14.5. The second-order valence-electron chi connectivity index (χ2n) is 6.86. The van der Waals surface area contributed by atoms with Gasteiger partial charge in [-0.25, -0.2) is 14.2 Å². The molecule has 0 aliphatic carbocycles. The minimum atomic E-state index is -4.78. The van der Waals surface area contributed by atoms with Crippen molar-refractivity contribution in [2.45, 2.75) is 38.1 Å². The Morgan fingerprint density at radius 1 is 1.35 bits per heavy atom. The number of halogens is 4. The number of thiocarbonyl (C=S) groups is 1. The first kappa shape index (κ1) is 23.3. The Bertz CT molecular complexity index is 1030. The molecule has 1 aliphatic heterocycles. The fourth-order valence-electron chi connectivity index (χ4n) is 3.28. The number of pyridine rings is 1. The molecule has 0 saturated heterocycles. The molecule has 166 valence electrons. The maximum absolute atomic E-state index is 14.6. The zero-order chi connectivity index (χ0) is 22.9. The van der Waals surface area contributed by atoms with Gasteiger partial charge in [0.25, 0.3) is 0 Å². The lowest BCUT2D eigenvalue weighted by Gasteiger charge is -2.33. The molecule has 0 saturated carbocycles. The summed E-state index contributed by atoms with van der Waals surface area (Å²) in [5.74, 6) is -2.30. The number of aryl methyl sites for hydroxylation is 1. The third kappa shape index (κ3) is 5.09. The fourth-order valence-corrected chi connectivity index (χ4v) is 3.59. The van der Waals surface area contributed by atoms with Gasteiger partial charge in [-0.2, -0.15) is 13.2 Å². The maximum Gasteiger partial charge on any atom is 0.429 e. The van der Waals surface area contributed by atoms with Crippen molar-refractivity contribution in [1.29, 1.82) is 0 Å². The van der Waals surface area contributed by atoms with E-state index in [0.717, 1.165) is 11.8 Å². The van der Waals surface area contributed by atoms with Gasteiger partial charge in [0.05, 0.1) is 0 Å². The van der Waals surface area contributed by atoms with Gasteiger partial charge in [0.2, 0.25) is 16.4 Å². The van der Waals surface area contributed by atoms with E-state index in [1.54, 1.807) is 13.0 Å². The van der Waals surface area contributed by atoms with Crippen LogP contribution in [-0.2, 0) is 11.2 Å². The fraction of sp³-hybridized carbons (Fsp3) is 0.350. The number of carboxylic acid groups (broad SMARTS) is 1. The summed E-state index contributed by atoms with van der Waals surface area (Å²) in [5, 5.41) is 9.39. The summed E-state index contributed by atoms with van der Waals surface area (Å²) >= 11 is 5.61. The molecule has 2 heterocycles. The maximum atomic E-state index is 14.6. The summed E-state index contributed by atoms with van der Waals surface area (Å²) < 4.78 is 65.4. The molecule has 5 nitrogen and oxygen atoms in total. The van der Waals surface area contributed by atoms with Gasteiger partial charge in [0.15, 0.2) is 5.69 Å². The van der Waals surface area contributed by atoms with Crippen LogP contribution in [-0.4, -0.2) is 45.1 Å². The van der Waals surface area contributed by atoms with Crippen LogP contribution in [0.2, 0.25) is 0 Å². The summed E-state index contributed by atoms with van der Waals surface area (Å²) in [5.41, 5.74) is 0.841. The summed E-state index contributed by atoms with van der Waals surface area (Å²) in [6, 6.07) is 5.61. The number of fused-ring (bicyclic) bond motifs is 1. The minimum absolute atomic E-state index is 0.0531. The van der Waals surface area contributed by atoms with Gasteiger partial charge in [-0.15, -0.1) is 0 Å². The van der Waals surface area contributed by atoms with Crippen LogP contribution < -0.4 is 4.74 Å². The average Bonchev–Trinajstić information content (AvgIpc) is 2.69. The average molecular weight is 475 g/mol. The Hall–Kier alpha value is -2.40. The lowest BCUT2D eigenvalue weighted by atomic mass is 9.92. The second-order valence-corrected chi connectivity index (χ2v) is 8.26. The molecule has 0 amide bonds. The monoisotopic (exact) mass is 475 g/mol. The molecule has 3 rings (SSSR count). The summed E-state index contributed by atoms with van der Waals surface area (Å²) in [6.45, 7) is 1.70. The third-order valence-corrected chi connectivity index (χ3v) is 5.74. The van der Waals surface area contributed by atoms with E-state index >= 15 is 0 Å². The number of aromatic nitrogens is 1. The van der Waals surface area contributed by atoms with Crippen LogP contribution in [0.4, 0.5) is 17.6 Å². The topological polar surface area (TPSA) is 68.7 Å². The van der Waals surface area contributed by atoms with E-state index in [-0.39, 0.29) is 34.2 Å². The molecule has 11 heteroatoms. The zero-order valence-electron chi connectivity index (χ0n) is 16.3. The Labute approximate surface area is 184 Å². The number of rotatable bonds is 4. The highest BCUT2D eigenvalue weighted by molar-refractivity contribution is 8.22. The van der Waals surface area contributed by atoms with Crippen LogP contribution in [0.15, 0.2) is 24.3 Å². The number of alkyl halides is 3. The molecule has 0 radical (unpaired) electrons. The molecular formula is C20H17F4NO4S2. The predicted molar refractivity (Wildman–Crippen MR) is 111 cm³/mol. The molecular weight excluding hydrogens is 458 g/mol. The molecule has 2 unspecified atom stereocenters. The van der Waals surface area contributed by atoms with Gasteiger partial charge < -0.3 is 14.6 Å². The molecule has 1 aliphatic rings. The van der Waals surface area contributed by atoms with Gasteiger partial charge >= 0.3 is 12.1 Å². The highest BCUT2D eigenvalue weighted by Gasteiger charge is 2.50. The Morgan fingerprint density at radius 3 is 2.65 bits per heavy atom. The van der Waals surface area contributed by atoms with Crippen molar-refractivity contribution in [1.82, 2.24) is 4.98 Å². The van der Waals surface area contributed by atoms with Crippen molar-refractivity contribution < 1.29 is 36.9 Å². The molecule has 1 N–H and O–H groups in total. The van der Waals surface area contributed by atoms with E-state index in [0.29, 0.717) is 11.1 Å². The van der Waals surface area contributed by atoms with Crippen molar-refractivity contribution in [3.63, 3.8) is 0 Å². The minimum Gasteiger partial charge on any atom is -0.477 e. The van der Waals surface area contributed by atoms with Crippen LogP contribution in [0.1, 0.15) is 28.0 Å². The van der Waals surface area contributed by atoms with E-state index in [1.807, 2.05) is 0 Å². The lowest BCUT2D eigenvalue weighted by Crippen LogP contribution is -2.47. The number of ether oxygens (including phenoxy) is 2. The standard InChI is InChI=1S/C20H17F4NO4S2/c1-9-3-4-10(13(21)7-9)12-8-14(18(26)27)25-17-11(12)5-6-15(28-17)16(20(22,23)24)29-19(30)31-2/h3-4,7-8,15-16H,5-6H2,1-2H3,(H,26,27). The third-order valence-electron chi connectivity index (χ3n) is 4.71. The van der Waals surface area contributed by atoms with Crippen molar-refractivity contribution in [2.24, 2.45) is 0 Å². The van der Waals surface area contributed by atoms with Crippen molar-refractivity contribution in [3.8, 4) is 17.0 Å². The van der Waals surface area contributed by atoms with E-state index in [4.69, 9.17) is 21.7 Å². The van der Waals surface area contributed by atoms with Crippen LogP contribution in [0.25, 0.3) is 11.1 Å². The first-order valence-electron chi connectivity index (χ1n) is 9.03. The second kappa shape index (κ2) is 8.99. The van der Waals surface area contributed by atoms with Gasteiger partial charge in [0.1, 0.15) is 11.9 Å². The quantitative estimate of drug-likeness (QED) is 0.483. The normalized spacial score (nSPS) is 16.8. The van der Waals surface area contributed by atoms with Crippen LogP contribution >= 0.6 is 24.0 Å². The predicted octanol–water partition coefficient (Wildman–Crippen LogP) is 5.18. The molecule has 0 bridgehead atoms. The number of carboxylic acids is 1. The number of benzene rings is 1. The summed E-state index contributed by atoms with van der Waals surface area (Å²) in [7, 11) is 0. The molecule has 2 atom stereocenters. The van der Waals surface area contributed by atoms with Gasteiger partial charge in [-0.05, 0) is 61.5 Å². The van der Waals surface area contributed by atoms with E-state index in [9.17, 15) is 27.5 Å². The Balaban J connectivity index is 2.06.